The minimum Gasteiger partial charge on any atom is -0.352 e. The molecule has 0 fully saturated rings. The number of nitrogens with one attached hydrogen (secondary N) is 1. The van der Waals surface area contributed by atoms with Gasteiger partial charge in [0.15, 0.2) is 0 Å². The van der Waals surface area contributed by atoms with Gasteiger partial charge in [-0.15, -0.1) is 0 Å². The molecule has 0 aromatic heterocycles. The zero-order valence-electron chi connectivity index (χ0n) is 20.7. The number of halogens is 2. The summed E-state index contributed by atoms with van der Waals surface area (Å²) < 4.78 is 26.3. The summed E-state index contributed by atoms with van der Waals surface area (Å²) in [5.41, 5.74) is 2.05. The maximum atomic E-state index is 13.7. The Morgan fingerprint density at radius 1 is 1.03 bits per heavy atom. The van der Waals surface area contributed by atoms with Crippen molar-refractivity contribution in [2.24, 2.45) is 0 Å². The van der Waals surface area contributed by atoms with Crippen molar-refractivity contribution in [3.05, 3.63) is 63.6 Å². The maximum absolute atomic E-state index is 13.7. The molecule has 0 radical (unpaired) electrons. The third-order valence-electron chi connectivity index (χ3n) is 5.86. The van der Waals surface area contributed by atoms with Crippen LogP contribution in [0.5, 0.6) is 0 Å². The smallest absolute Gasteiger partial charge is 0.244 e. The Morgan fingerprint density at radius 3 is 2.23 bits per heavy atom. The molecule has 7 nitrogen and oxygen atoms in total. The van der Waals surface area contributed by atoms with Crippen molar-refractivity contribution in [2.45, 2.75) is 59.2 Å². The van der Waals surface area contributed by atoms with Gasteiger partial charge in [0.05, 0.1) is 22.0 Å². The molecule has 192 valence electrons. The van der Waals surface area contributed by atoms with Gasteiger partial charge in [0, 0.05) is 12.6 Å². The van der Waals surface area contributed by atoms with Crippen LogP contribution in [-0.2, 0) is 26.2 Å². The lowest BCUT2D eigenvalue weighted by Crippen LogP contribution is -2.53. The van der Waals surface area contributed by atoms with Crippen LogP contribution in [0.2, 0.25) is 10.0 Å². The second-order valence-corrected chi connectivity index (χ2v) is 11.3. The average Bonchev–Trinajstić information content (AvgIpc) is 2.79. The summed E-state index contributed by atoms with van der Waals surface area (Å²) in [5.74, 6) is -0.778. The molecule has 0 aliphatic rings. The van der Waals surface area contributed by atoms with Gasteiger partial charge < -0.3 is 10.2 Å². The minimum absolute atomic E-state index is 0.0595. The molecule has 0 aliphatic heterocycles. The fraction of sp³-hybridized carbons (Fsp3) is 0.440. The third-order valence-corrected chi connectivity index (χ3v) is 7.74. The highest BCUT2D eigenvalue weighted by atomic mass is 35.5. The molecule has 2 atom stereocenters. The van der Waals surface area contributed by atoms with Gasteiger partial charge in [-0.25, -0.2) is 8.42 Å². The lowest BCUT2D eigenvalue weighted by atomic mass is 10.1. The number of carbonyl (C=O) groups excluding carboxylic acids is 2. The van der Waals surface area contributed by atoms with E-state index in [1.54, 1.807) is 0 Å². The minimum atomic E-state index is -3.85. The Labute approximate surface area is 218 Å². The van der Waals surface area contributed by atoms with Gasteiger partial charge in [0.1, 0.15) is 12.6 Å². The van der Waals surface area contributed by atoms with E-state index in [0.29, 0.717) is 6.42 Å². The number of hydrogen-bond donors (Lipinski definition) is 1. The van der Waals surface area contributed by atoms with Gasteiger partial charge in [-0.3, -0.25) is 13.9 Å². The highest BCUT2D eigenvalue weighted by Crippen LogP contribution is 2.28. The molecule has 2 amide bonds. The van der Waals surface area contributed by atoms with E-state index >= 15 is 0 Å². The molecule has 0 bridgehead atoms. The zero-order valence-corrected chi connectivity index (χ0v) is 23.0. The van der Waals surface area contributed by atoms with Crippen molar-refractivity contribution < 1.29 is 18.0 Å². The number of hydrogen-bond acceptors (Lipinski definition) is 4. The number of carbonyl (C=O) groups is 2. The number of anilines is 1. The molecule has 2 aromatic carbocycles. The zero-order chi connectivity index (χ0) is 26.3. The van der Waals surface area contributed by atoms with Crippen LogP contribution >= 0.6 is 23.2 Å². The summed E-state index contributed by atoms with van der Waals surface area (Å²) in [5, 5.41) is 3.38. The highest BCUT2D eigenvalue weighted by molar-refractivity contribution is 7.92. The fourth-order valence-electron chi connectivity index (χ4n) is 3.59. The quantitative estimate of drug-likeness (QED) is 0.443. The van der Waals surface area contributed by atoms with Gasteiger partial charge >= 0.3 is 0 Å². The highest BCUT2D eigenvalue weighted by Gasteiger charge is 2.32. The Morgan fingerprint density at radius 2 is 1.69 bits per heavy atom. The van der Waals surface area contributed by atoms with Gasteiger partial charge in [-0.2, -0.15) is 0 Å². The lowest BCUT2D eigenvalue weighted by molar-refractivity contribution is -0.140. The standard InChI is InChI=1S/C25H33Cl2N3O4S/c1-6-18(4)28-25(32)23(7-2)29(15-19-11-9-8-10-17(19)3)24(31)16-30(35(5,33)34)20-12-13-21(26)22(27)14-20/h8-14,18,23H,6-7,15-16H2,1-5H3,(H,28,32)/t18-,23-/m0/s1. The molecule has 0 unspecified atom stereocenters. The molecule has 10 heteroatoms. The van der Waals surface area contributed by atoms with E-state index in [0.717, 1.165) is 28.1 Å². The molecular weight excluding hydrogens is 509 g/mol. The van der Waals surface area contributed by atoms with Crippen molar-refractivity contribution in [3.63, 3.8) is 0 Å². The molecule has 2 aromatic rings. The Bertz CT molecular complexity index is 1160. The first-order chi connectivity index (χ1) is 16.4. The number of amides is 2. The van der Waals surface area contributed by atoms with E-state index in [1.807, 2.05) is 52.0 Å². The van der Waals surface area contributed by atoms with Crippen LogP contribution in [0.25, 0.3) is 0 Å². The van der Waals surface area contributed by atoms with E-state index in [4.69, 9.17) is 23.2 Å². The molecule has 0 saturated heterocycles. The lowest BCUT2D eigenvalue weighted by Gasteiger charge is -2.33. The first-order valence-corrected chi connectivity index (χ1v) is 14.1. The largest absolute Gasteiger partial charge is 0.352 e. The second kappa shape index (κ2) is 12.6. The van der Waals surface area contributed by atoms with E-state index in [1.165, 1.54) is 23.1 Å². The molecule has 1 N–H and O–H groups in total. The third kappa shape index (κ3) is 7.85. The van der Waals surface area contributed by atoms with Crippen molar-refractivity contribution in [3.8, 4) is 0 Å². The molecule has 0 heterocycles. The second-order valence-electron chi connectivity index (χ2n) is 8.56. The van der Waals surface area contributed by atoms with Crippen LogP contribution in [-0.4, -0.2) is 50.0 Å². The van der Waals surface area contributed by atoms with Crippen LogP contribution in [0.1, 0.15) is 44.7 Å². The monoisotopic (exact) mass is 541 g/mol. The van der Waals surface area contributed by atoms with Gasteiger partial charge in [0.25, 0.3) is 0 Å². The molecule has 2 rings (SSSR count). The van der Waals surface area contributed by atoms with E-state index < -0.39 is 28.5 Å². The molecule has 35 heavy (non-hydrogen) atoms. The number of nitrogens with zero attached hydrogens (tertiary/aromatic N) is 2. The predicted octanol–water partition coefficient (Wildman–Crippen LogP) is 4.79. The summed E-state index contributed by atoms with van der Waals surface area (Å²) in [7, 11) is -3.85. The Kier molecular flexibility index (Phi) is 10.4. The number of benzene rings is 2. The summed E-state index contributed by atoms with van der Waals surface area (Å²) >= 11 is 12.1. The Hall–Kier alpha value is -2.29. The van der Waals surface area contributed by atoms with Crippen molar-refractivity contribution in [1.82, 2.24) is 10.2 Å². The molecule has 0 spiro atoms. The summed E-state index contributed by atoms with van der Waals surface area (Å²) in [6.45, 7) is 7.28. The Balaban J connectivity index is 2.47. The van der Waals surface area contributed by atoms with Crippen LogP contribution in [0.15, 0.2) is 42.5 Å². The number of aryl methyl sites for hydroxylation is 1. The summed E-state index contributed by atoms with van der Waals surface area (Å²) in [6, 6.07) is 11.1. The van der Waals surface area contributed by atoms with E-state index in [-0.39, 0.29) is 34.2 Å². The fourth-order valence-corrected chi connectivity index (χ4v) is 4.72. The maximum Gasteiger partial charge on any atom is 0.244 e. The molecule has 0 saturated carbocycles. The van der Waals surface area contributed by atoms with Gasteiger partial charge in [-0.1, -0.05) is 61.3 Å². The van der Waals surface area contributed by atoms with Crippen LogP contribution in [0.4, 0.5) is 5.69 Å². The van der Waals surface area contributed by atoms with Crippen LogP contribution in [0, 0.1) is 6.92 Å². The number of sulfonamides is 1. The SMILES string of the molecule is CC[C@H](C)NC(=O)[C@H](CC)N(Cc1ccccc1C)C(=O)CN(c1ccc(Cl)c(Cl)c1)S(C)(=O)=O. The number of rotatable bonds is 11. The summed E-state index contributed by atoms with van der Waals surface area (Å²) in [4.78, 5) is 28.3. The molecule has 0 aliphatic carbocycles. The van der Waals surface area contributed by atoms with Crippen molar-refractivity contribution in [2.75, 3.05) is 17.1 Å². The van der Waals surface area contributed by atoms with Crippen molar-refractivity contribution >= 4 is 50.7 Å². The first-order valence-electron chi connectivity index (χ1n) is 11.5. The van der Waals surface area contributed by atoms with E-state index in [9.17, 15) is 18.0 Å². The predicted molar refractivity (Wildman–Crippen MR) is 142 cm³/mol. The molecular formula is C25H33Cl2N3O4S. The summed E-state index contributed by atoms with van der Waals surface area (Å²) in [6.07, 6.45) is 2.13. The first kappa shape index (κ1) is 28.9. The van der Waals surface area contributed by atoms with Gasteiger partial charge in [-0.05, 0) is 56.0 Å². The average molecular weight is 543 g/mol. The topological polar surface area (TPSA) is 86.8 Å². The van der Waals surface area contributed by atoms with Crippen LogP contribution < -0.4 is 9.62 Å². The van der Waals surface area contributed by atoms with Crippen molar-refractivity contribution in [1.29, 1.82) is 0 Å². The van der Waals surface area contributed by atoms with Gasteiger partial charge in [0.2, 0.25) is 21.8 Å². The normalized spacial score (nSPS) is 13.1. The van der Waals surface area contributed by atoms with E-state index in [2.05, 4.69) is 5.32 Å². The van der Waals surface area contributed by atoms with Crippen LogP contribution in [0.3, 0.4) is 0 Å².